The molecule has 3 rings (SSSR count). The maximum absolute atomic E-state index is 12.0. The first kappa shape index (κ1) is 15.9. The number of benzene rings is 1. The van der Waals surface area contributed by atoms with Gasteiger partial charge in [-0.05, 0) is 30.3 Å². The summed E-state index contributed by atoms with van der Waals surface area (Å²) in [6, 6.07) is 7.81. The first-order valence-corrected chi connectivity index (χ1v) is 8.18. The summed E-state index contributed by atoms with van der Waals surface area (Å²) in [6.45, 7) is 0. The number of carbonyl (C=O) groups excluding carboxylic acids is 1. The summed E-state index contributed by atoms with van der Waals surface area (Å²) in [5.41, 5.74) is 1.09. The Morgan fingerprint density at radius 3 is 2.74 bits per heavy atom. The van der Waals surface area contributed by atoms with Crippen molar-refractivity contribution in [2.24, 2.45) is 0 Å². The van der Waals surface area contributed by atoms with Crippen LogP contribution in [0.3, 0.4) is 0 Å². The highest BCUT2D eigenvalue weighted by Gasteiger charge is 2.12. The van der Waals surface area contributed by atoms with E-state index >= 15 is 0 Å². The van der Waals surface area contributed by atoms with Gasteiger partial charge >= 0.3 is 0 Å². The van der Waals surface area contributed by atoms with Crippen molar-refractivity contribution in [2.45, 2.75) is 5.16 Å². The first-order chi connectivity index (χ1) is 11.0. The molecule has 1 aromatic carbocycles. The predicted molar refractivity (Wildman–Crippen MR) is 90.5 cm³/mol. The third-order valence-electron chi connectivity index (χ3n) is 2.88. The molecular weight excluding hydrogens is 359 g/mol. The molecule has 23 heavy (non-hydrogen) atoms. The Bertz CT molecular complexity index is 867. The highest BCUT2D eigenvalue weighted by atomic mass is 35.5. The van der Waals surface area contributed by atoms with Crippen molar-refractivity contribution in [1.29, 1.82) is 0 Å². The number of amides is 1. The average molecular weight is 369 g/mol. The molecule has 0 unspecified atom stereocenters. The second-order valence-electron chi connectivity index (χ2n) is 4.57. The summed E-state index contributed by atoms with van der Waals surface area (Å²) < 4.78 is 1.64. The predicted octanol–water partition coefficient (Wildman–Crippen LogP) is 3.47. The van der Waals surface area contributed by atoms with E-state index in [0.717, 1.165) is 0 Å². The van der Waals surface area contributed by atoms with Crippen molar-refractivity contribution in [1.82, 2.24) is 14.6 Å². The zero-order valence-corrected chi connectivity index (χ0v) is 13.9. The molecule has 0 spiro atoms. The molecule has 1 amide bonds. The highest BCUT2D eigenvalue weighted by Crippen LogP contribution is 2.25. The summed E-state index contributed by atoms with van der Waals surface area (Å²) >= 11 is 13.2. The van der Waals surface area contributed by atoms with Crippen molar-refractivity contribution in [3.05, 3.63) is 46.6 Å². The number of halogens is 2. The van der Waals surface area contributed by atoms with E-state index in [1.165, 1.54) is 23.9 Å². The molecule has 118 valence electrons. The van der Waals surface area contributed by atoms with E-state index in [9.17, 15) is 9.90 Å². The Morgan fingerprint density at radius 1 is 1.26 bits per heavy atom. The number of aromatic nitrogens is 3. The second-order valence-corrected chi connectivity index (χ2v) is 6.35. The number of phenols is 1. The maximum atomic E-state index is 12.0. The molecule has 2 N–H and O–H groups in total. The molecule has 0 saturated carbocycles. The molecule has 0 saturated heterocycles. The van der Waals surface area contributed by atoms with Gasteiger partial charge in [-0.1, -0.05) is 35.0 Å². The monoisotopic (exact) mass is 368 g/mol. The number of phenolic OH excluding ortho intramolecular Hbond substituents is 1. The van der Waals surface area contributed by atoms with Crippen LogP contribution in [0.5, 0.6) is 5.75 Å². The molecule has 2 heterocycles. The molecule has 9 heteroatoms. The van der Waals surface area contributed by atoms with Crippen molar-refractivity contribution in [3.8, 4) is 5.75 Å². The summed E-state index contributed by atoms with van der Waals surface area (Å²) in [4.78, 5) is 12.0. The van der Waals surface area contributed by atoms with E-state index in [2.05, 4.69) is 15.5 Å². The van der Waals surface area contributed by atoms with Crippen molar-refractivity contribution < 1.29 is 9.90 Å². The Balaban J connectivity index is 1.68. The number of hydrogen-bond donors (Lipinski definition) is 2. The molecule has 0 aliphatic carbocycles. The summed E-state index contributed by atoms with van der Waals surface area (Å²) in [7, 11) is 0. The fourth-order valence-corrected chi connectivity index (χ4v) is 3.09. The summed E-state index contributed by atoms with van der Waals surface area (Å²) in [5, 5.41) is 21.3. The fourth-order valence-electron chi connectivity index (χ4n) is 1.87. The average Bonchev–Trinajstić information content (AvgIpc) is 2.91. The SMILES string of the molecule is O=C(CSc1nnc2c(Cl)cc(Cl)cn12)Nc1ccc(O)cc1. The zero-order chi connectivity index (χ0) is 16.4. The Labute approximate surface area is 145 Å². The van der Waals surface area contributed by atoms with Gasteiger partial charge in [0.15, 0.2) is 10.8 Å². The normalized spacial score (nSPS) is 10.9. The Morgan fingerprint density at radius 2 is 2.00 bits per heavy atom. The van der Waals surface area contributed by atoms with Crippen LogP contribution in [0, 0.1) is 0 Å². The number of nitrogens with zero attached hydrogens (tertiary/aromatic N) is 3. The Kier molecular flexibility index (Phi) is 4.61. The van der Waals surface area contributed by atoms with Crippen LogP contribution in [0.15, 0.2) is 41.7 Å². The number of hydrogen-bond acceptors (Lipinski definition) is 5. The number of nitrogens with one attached hydrogen (secondary N) is 1. The van der Waals surface area contributed by atoms with Crippen LogP contribution >= 0.6 is 35.0 Å². The largest absolute Gasteiger partial charge is 0.508 e. The van der Waals surface area contributed by atoms with E-state index in [-0.39, 0.29) is 17.4 Å². The maximum Gasteiger partial charge on any atom is 0.234 e. The molecule has 3 aromatic rings. The van der Waals surface area contributed by atoms with Crippen molar-refractivity contribution >= 4 is 52.2 Å². The van der Waals surface area contributed by atoms with E-state index < -0.39 is 0 Å². The number of fused-ring (bicyclic) bond motifs is 1. The van der Waals surface area contributed by atoms with Gasteiger partial charge < -0.3 is 10.4 Å². The molecule has 6 nitrogen and oxygen atoms in total. The lowest BCUT2D eigenvalue weighted by molar-refractivity contribution is -0.113. The van der Waals surface area contributed by atoms with Gasteiger partial charge in [0.05, 0.1) is 15.8 Å². The van der Waals surface area contributed by atoms with E-state index in [4.69, 9.17) is 23.2 Å². The fraction of sp³-hybridized carbons (Fsp3) is 0.0714. The number of pyridine rings is 1. The van der Waals surface area contributed by atoms with Gasteiger partial charge in [-0.15, -0.1) is 10.2 Å². The number of thioether (sulfide) groups is 1. The lowest BCUT2D eigenvalue weighted by atomic mass is 10.3. The number of rotatable bonds is 4. The number of carbonyl (C=O) groups is 1. The Hall–Kier alpha value is -1.96. The van der Waals surface area contributed by atoms with Crippen LogP contribution in [-0.2, 0) is 4.79 Å². The molecule has 0 radical (unpaired) electrons. The first-order valence-electron chi connectivity index (χ1n) is 6.44. The molecule has 0 atom stereocenters. The second kappa shape index (κ2) is 6.66. The third-order valence-corrected chi connectivity index (χ3v) is 4.31. The van der Waals surface area contributed by atoms with Crippen molar-refractivity contribution in [2.75, 3.05) is 11.1 Å². The lowest BCUT2D eigenvalue weighted by Gasteiger charge is -2.05. The highest BCUT2D eigenvalue weighted by molar-refractivity contribution is 7.99. The number of aromatic hydroxyl groups is 1. The smallest absolute Gasteiger partial charge is 0.234 e. The molecule has 0 aliphatic heterocycles. The molecule has 0 fully saturated rings. The van der Waals surface area contributed by atoms with Crippen LogP contribution < -0.4 is 5.32 Å². The van der Waals surface area contributed by atoms with Crippen LogP contribution in [0.1, 0.15) is 0 Å². The standard InChI is InChI=1S/C14H10Cl2N4O2S/c15-8-5-11(16)13-18-19-14(20(13)6-8)23-7-12(22)17-9-1-3-10(21)4-2-9/h1-6,21H,7H2,(H,17,22). The summed E-state index contributed by atoms with van der Waals surface area (Å²) in [5.74, 6) is 0.0813. The molecule has 0 aliphatic rings. The minimum absolute atomic E-state index is 0.140. The summed E-state index contributed by atoms with van der Waals surface area (Å²) in [6.07, 6.45) is 1.64. The third kappa shape index (κ3) is 3.69. The van der Waals surface area contributed by atoms with Gasteiger partial charge in [-0.2, -0.15) is 0 Å². The van der Waals surface area contributed by atoms with Gasteiger partial charge in [0.1, 0.15) is 5.75 Å². The van der Waals surface area contributed by atoms with E-state index in [0.29, 0.717) is 26.5 Å². The molecular formula is C14H10Cl2N4O2S. The quantitative estimate of drug-likeness (QED) is 0.544. The van der Waals surface area contributed by atoms with Gasteiger partial charge in [-0.25, -0.2) is 0 Å². The van der Waals surface area contributed by atoms with E-state index in [1.807, 2.05) is 0 Å². The van der Waals surface area contributed by atoms with Crippen molar-refractivity contribution in [3.63, 3.8) is 0 Å². The van der Waals surface area contributed by atoms with Crippen LogP contribution in [0.25, 0.3) is 5.65 Å². The number of anilines is 1. The topological polar surface area (TPSA) is 79.5 Å². The zero-order valence-electron chi connectivity index (χ0n) is 11.5. The van der Waals surface area contributed by atoms with Gasteiger partial charge in [0.25, 0.3) is 0 Å². The minimum atomic E-state index is -0.203. The van der Waals surface area contributed by atoms with Gasteiger partial charge in [0, 0.05) is 11.9 Å². The van der Waals surface area contributed by atoms with E-state index in [1.54, 1.807) is 28.8 Å². The molecule has 0 bridgehead atoms. The minimum Gasteiger partial charge on any atom is -0.508 e. The van der Waals surface area contributed by atoms with Gasteiger partial charge in [0.2, 0.25) is 5.91 Å². The van der Waals surface area contributed by atoms with Gasteiger partial charge in [-0.3, -0.25) is 9.20 Å². The molecule has 2 aromatic heterocycles. The van der Waals surface area contributed by atoms with Crippen LogP contribution in [0.4, 0.5) is 5.69 Å². The lowest BCUT2D eigenvalue weighted by Crippen LogP contribution is -2.14. The van der Waals surface area contributed by atoms with Crippen LogP contribution in [-0.4, -0.2) is 31.4 Å². The van der Waals surface area contributed by atoms with Crippen LogP contribution in [0.2, 0.25) is 10.0 Å².